The molecule has 2 aromatic heterocycles. The first-order valence-corrected chi connectivity index (χ1v) is 6.00. The maximum Gasteiger partial charge on any atom is 0.213 e. The fourth-order valence-electron chi connectivity index (χ4n) is 1.55. The van der Waals surface area contributed by atoms with E-state index in [-0.39, 0.29) is 6.04 Å². The van der Waals surface area contributed by atoms with E-state index in [1.54, 1.807) is 12.4 Å². The van der Waals surface area contributed by atoms with E-state index in [1.807, 2.05) is 37.3 Å². The fourth-order valence-corrected chi connectivity index (χ4v) is 1.55. The largest absolute Gasteiger partial charge is 0.477 e. The molecule has 0 fully saturated rings. The molecule has 2 rings (SSSR count). The second-order valence-electron chi connectivity index (χ2n) is 4.14. The van der Waals surface area contributed by atoms with Crippen LogP contribution in [0.15, 0.2) is 42.7 Å². The SMILES string of the molecule is C[C@H](N)c1ccc(OCCc2ccccn2)nc1. The highest BCUT2D eigenvalue weighted by atomic mass is 16.5. The Morgan fingerprint density at radius 1 is 1.22 bits per heavy atom. The summed E-state index contributed by atoms with van der Waals surface area (Å²) in [5.41, 5.74) is 7.78. The zero-order valence-corrected chi connectivity index (χ0v) is 10.4. The molecule has 0 aliphatic heterocycles. The molecule has 0 unspecified atom stereocenters. The molecular formula is C14H17N3O. The van der Waals surface area contributed by atoms with Crippen LogP contribution in [0.25, 0.3) is 0 Å². The van der Waals surface area contributed by atoms with Crippen LogP contribution in [0, 0.1) is 0 Å². The highest BCUT2D eigenvalue weighted by Crippen LogP contribution is 2.12. The van der Waals surface area contributed by atoms with E-state index >= 15 is 0 Å². The number of hydrogen-bond donors (Lipinski definition) is 1. The number of nitrogens with zero attached hydrogens (tertiary/aromatic N) is 2. The van der Waals surface area contributed by atoms with Crippen molar-refractivity contribution in [2.24, 2.45) is 5.73 Å². The first-order chi connectivity index (χ1) is 8.75. The summed E-state index contributed by atoms with van der Waals surface area (Å²) in [5, 5.41) is 0. The molecule has 0 saturated heterocycles. The van der Waals surface area contributed by atoms with Gasteiger partial charge in [0.05, 0.1) is 6.61 Å². The van der Waals surface area contributed by atoms with Crippen LogP contribution >= 0.6 is 0 Å². The van der Waals surface area contributed by atoms with Crippen molar-refractivity contribution in [2.45, 2.75) is 19.4 Å². The first kappa shape index (κ1) is 12.5. The molecule has 2 N–H and O–H groups in total. The lowest BCUT2D eigenvalue weighted by Gasteiger charge is -2.07. The van der Waals surface area contributed by atoms with Gasteiger partial charge in [-0.15, -0.1) is 0 Å². The van der Waals surface area contributed by atoms with Gasteiger partial charge in [0.15, 0.2) is 0 Å². The molecule has 2 aromatic rings. The lowest BCUT2D eigenvalue weighted by Crippen LogP contribution is -2.07. The minimum atomic E-state index is 0.0000637. The van der Waals surface area contributed by atoms with E-state index < -0.39 is 0 Å². The average molecular weight is 243 g/mol. The van der Waals surface area contributed by atoms with Gasteiger partial charge < -0.3 is 10.5 Å². The number of rotatable bonds is 5. The number of hydrogen-bond acceptors (Lipinski definition) is 4. The van der Waals surface area contributed by atoms with Crippen LogP contribution in [0.2, 0.25) is 0 Å². The molecule has 2 heterocycles. The van der Waals surface area contributed by atoms with Crippen molar-refractivity contribution >= 4 is 0 Å². The van der Waals surface area contributed by atoms with Crippen molar-refractivity contribution in [3.63, 3.8) is 0 Å². The molecule has 0 radical (unpaired) electrons. The lowest BCUT2D eigenvalue weighted by molar-refractivity contribution is 0.308. The van der Waals surface area contributed by atoms with E-state index in [1.165, 1.54) is 0 Å². The smallest absolute Gasteiger partial charge is 0.213 e. The quantitative estimate of drug-likeness (QED) is 0.873. The predicted molar refractivity (Wildman–Crippen MR) is 70.3 cm³/mol. The zero-order valence-electron chi connectivity index (χ0n) is 10.4. The Bertz CT molecular complexity index is 468. The minimum Gasteiger partial charge on any atom is -0.477 e. The summed E-state index contributed by atoms with van der Waals surface area (Å²) < 4.78 is 5.55. The summed E-state index contributed by atoms with van der Waals surface area (Å²) >= 11 is 0. The van der Waals surface area contributed by atoms with Crippen LogP contribution in [-0.2, 0) is 6.42 Å². The molecule has 0 spiro atoms. The van der Waals surface area contributed by atoms with Crippen molar-refractivity contribution in [1.82, 2.24) is 9.97 Å². The van der Waals surface area contributed by atoms with Crippen molar-refractivity contribution in [2.75, 3.05) is 6.61 Å². The number of ether oxygens (including phenoxy) is 1. The molecule has 0 bridgehead atoms. The number of aromatic nitrogens is 2. The Morgan fingerprint density at radius 3 is 2.72 bits per heavy atom. The van der Waals surface area contributed by atoms with Crippen molar-refractivity contribution < 1.29 is 4.74 Å². The van der Waals surface area contributed by atoms with E-state index in [0.29, 0.717) is 12.5 Å². The van der Waals surface area contributed by atoms with Crippen LogP contribution in [0.1, 0.15) is 24.2 Å². The van der Waals surface area contributed by atoms with Gasteiger partial charge in [-0.3, -0.25) is 4.98 Å². The Hall–Kier alpha value is -1.94. The van der Waals surface area contributed by atoms with Crippen LogP contribution in [0.4, 0.5) is 0 Å². The monoisotopic (exact) mass is 243 g/mol. The van der Waals surface area contributed by atoms with Gasteiger partial charge in [-0.2, -0.15) is 0 Å². The van der Waals surface area contributed by atoms with Gasteiger partial charge >= 0.3 is 0 Å². The third-order valence-corrected chi connectivity index (χ3v) is 2.62. The van der Waals surface area contributed by atoms with Gasteiger partial charge in [-0.1, -0.05) is 12.1 Å². The Labute approximate surface area is 107 Å². The third kappa shape index (κ3) is 3.53. The summed E-state index contributed by atoms with van der Waals surface area (Å²) in [6.07, 6.45) is 4.31. The van der Waals surface area contributed by atoms with Gasteiger partial charge in [0.2, 0.25) is 5.88 Å². The summed E-state index contributed by atoms with van der Waals surface area (Å²) in [5.74, 6) is 0.621. The average Bonchev–Trinajstić information content (AvgIpc) is 2.40. The first-order valence-electron chi connectivity index (χ1n) is 6.00. The molecule has 1 atom stereocenters. The van der Waals surface area contributed by atoms with Gasteiger partial charge in [0, 0.05) is 36.6 Å². The van der Waals surface area contributed by atoms with E-state index in [0.717, 1.165) is 17.7 Å². The van der Waals surface area contributed by atoms with Gasteiger partial charge in [-0.25, -0.2) is 4.98 Å². The van der Waals surface area contributed by atoms with Crippen LogP contribution < -0.4 is 10.5 Å². The Balaban J connectivity index is 1.83. The minimum absolute atomic E-state index is 0.0000637. The highest BCUT2D eigenvalue weighted by Gasteiger charge is 2.01. The summed E-state index contributed by atoms with van der Waals surface area (Å²) in [7, 11) is 0. The Morgan fingerprint density at radius 2 is 2.11 bits per heavy atom. The summed E-state index contributed by atoms with van der Waals surface area (Å²) in [4.78, 5) is 8.44. The summed E-state index contributed by atoms with van der Waals surface area (Å²) in [6.45, 7) is 2.50. The third-order valence-electron chi connectivity index (χ3n) is 2.62. The van der Waals surface area contributed by atoms with E-state index in [2.05, 4.69) is 9.97 Å². The van der Waals surface area contributed by atoms with E-state index in [9.17, 15) is 0 Å². The number of nitrogens with two attached hydrogens (primary N) is 1. The lowest BCUT2D eigenvalue weighted by atomic mass is 10.2. The molecule has 0 aliphatic carbocycles. The normalized spacial score (nSPS) is 12.1. The Kier molecular flexibility index (Phi) is 4.25. The van der Waals surface area contributed by atoms with Crippen LogP contribution in [0.5, 0.6) is 5.88 Å². The molecule has 94 valence electrons. The van der Waals surface area contributed by atoms with Crippen molar-refractivity contribution in [3.8, 4) is 5.88 Å². The van der Waals surface area contributed by atoms with Crippen molar-refractivity contribution in [3.05, 3.63) is 54.0 Å². The van der Waals surface area contributed by atoms with E-state index in [4.69, 9.17) is 10.5 Å². The van der Waals surface area contributed by atoms with Crippen LogP contribution in [0.3, 0.4) is 0 Å². The standard InChI is InChI=1S/C14H17N3O/c1-11(15)12-5-6-14(17-10-12)18-9-7-13-4-2-3-8-16-13/h2-6,8,10-11H,7,9,15H2,1H3/t11-/m0/s1. The van der Waals surface area contributed by atoms with Crippen molar-refractivity contribution in [1.29, 1.82) is 0 Å². The molecule has 0 saturated carbocycles. The maximum atomic E-state index is 5.75. The fraction of sp³-hybridized carbons (Fsp3) is 0.286. The highest BCUT2D eigenvalue weighted by molar-refractivity contribution is 5.20. The second kappa shape index (κ2) is 6.12. The summed E-state index contributed by atoms with van der Waals surface area (Å²) in [6, 6.07) is 9.64. The molecule has 4 nitrogen and oxygen atoms in total. The zero-order chi connectivity index (χ0) is 12.8. The topological polar surface area (TPSA) is 61.0 Å². The molecule has 0 aromatic carbocycles. The molecular weight excluding hydrogens is 226 g/mol. The molecule has 0 aliphatic rings. The number of pyridine rings is 2. The molecule has 0 amide bonds. The van der Waals surface area contributed by atoms with Gasteiger partial charge in [0.1, 0.15) is 0 Å². The van der Waals surface area contributed by atoms with Gasteiger partial charge in [0.25, 0.3) is 0 Å². The predicted octanol–water partition coefficient (Wildman–Crippen LogP) is 2.12. The van der Waals surface area contributed by atoms with Gasteiger partial charge in [-0.05, 0) is 24.6 Å². The molecule has 18 heavy (non-hydrogen) atoms. The van der Waals surface area contributed by atoms with Crippen LogP contribution in [-0.4, -0.2) is 16.6 Å². The second-order valence-corrected chi connectivity index (χ2v) is 4.14. The maximum absolute atomic E-state index is 5.75. The molecule has 4 heteroatoms.